The van der Waals surface area contributed by atoms with Crippen molar-refractivity contribution in [3.63, 3.8) is 0 Å². The van der Waals surface area contributed by atoms with E-state index in [0.717, 1.165) is 5.69 Å². The molecule has 0 aliphatic heterocycles. The van der Waals surface area contributed by atoms with Crippen molar-refractivity contribution in [3.05, 3.63) is 29.8 Å². The summed E-state index contributed by atoms with van der Waals surface area (Å²) in [6.45, 7) is 4.82. The van der Waals surface area contributed by atoms with E-state index in [-0.39, 0.29) is 11.9 Å². The molecular weight excluding hydrogens is 266 g/mol. The smallest absolute Gasteiger partial charge is 0.308 e. The van der Waals surface area contributed by atoms with Crippen molar-refractivity contribution in [2.24, 2.45) is 5.92 Å². The van der Waals surface area contributed by atoms with Gasteiger partial charge >= 0.3 is 5.97 Å². The summed E-state index contributed by atoms with van der Waals surface area (Å²) in [4.78, 5) is 11.7. The number of rotatable bonds is 5. The Labute approximate surface area is 126 Å². The van der Waals surface area contributed by atoms with Crippen LogP contribution in [-0.2, 0) is 9.53 Å². The van der Waals surface area contributed by atoms with Crippen molar-refractivity contribution < 1.29 is 14.6 Å². The molecule has 0 heterocycles. The Morgan fingerprint density at radius 2 is 1.95 bits per heavy atom. The maximum Gasteiger partial charge on any atom is 0.308 e. The van der Waals surface area contributed by atoms with Crippen LogP contribution < -0.4 is 5.32 Å². The van der Waals surface area contributed by atoms with Gasteiger partial charge in [-0.2, -0.15) is 0 Å². The summed E-state index contributed by atoms with van der Waals surface area (Å²) in [5.41, 5.74) is 1.50. The quantitative estimate of drug-likeness (QED) is 0.819. The first-order valence-electron chi connectivity index (χ1n) is 7.72. The molecule has 0 aromatic heterocycles. The summed E-state index contributed by atoms with van der Waals surface area (Å²) in [6.07, 6.45) is 2.67. The molecule has 21 heavy (non-hydrogen) atoms. The zero-order chi connectivity index (χ0) is 15.3. The molecule has 1 aliphatic rings. The molecule has 0 atom stereocenters. The first kappa shape index (κ1) is 15.8. The van der Waals surface area contributed by atoms with Gasteiger partial charge in [0.2, 0.25) is 0 Å². The average Bonchev–Trinajstić information content (AvgIpc) is 2.48. The van der Waals surface area contributed by atoms with Gasteiger partial charge in [-0.15, -0.1) is 0 Å². The number of nitrogens with one attached hydrogen (secondary N) is 1. The van der Waals surface area contributed by atoms with Crippen LogP contribution in [0, 0.1) is 12.8 Å². The van der Waals surface area contributed by atoms with Gasteiger partial charge in [0, 0.05) is 12.2 Å². The van der Waals surface area contributed by atoms with Crippen LogP contribution >= 0.6 is 0 Å². The number of carbonyl (C=O) groups excluding carboxylic acids is 1. The predicted molar refractivity (Wildman–Crippen MR) is 83.2 cm³/mol. The summed E-state index contributed by atoms with van der Waals surface area (Å²) < 4.78 is 5.05. The van der Waals surface area contributed by atoms with Gasteiger partial charge in [0.15, 0.2) is 0 Å². The lowest BCUT2D eigenvalue weighted by Crippen LogP contribution is -2.42. The highest BCUT2D eigenvalue weighted by Gasteiger charge is 2.36. The first-order chi connectivity index (χ1) is 10.0. The molecule has 116 valence electrons. The molecule has 0 amide bonds. The molecule has 1 saturated carbocycles. The van der Waals surface area contributed by atoms with Crippen molar-refractivity contribution in [1.29, 1.82) is 0 Å². The van der Waals surface area contributed by atoms with E-state index in [1.165, 1.54) is 5.56 Å². The number of carbonyl (C=O) groups is 1. The van der Waals surface area contributed by atoms with Crippen molar-refractivity contribution >= 4 is 11.7 Å². The second-order valence-electron chi connectivity index (χ2n) is 5.97. The Morgan fingerprint density at radius 1 is 1.33 bits per heavy atom. The van der Waals surface area contributed by atoms with E-state index in [0.29, 0.717) is 38.8 Å². The highest BCUT2D eigenvalue weighted by Crippen LogP contribution is 2.33. The van der Waals surface area contributed by atoms with E-state index < -0.39 is 5.60 Å². The number of benzene rings is 1. The number of esters is 1. The molecule has 2 N–H and O–H groups in total. The van der Waals surface area contributed by atoms with Crippen LogP contribution in [0.25, 0.3) is 0 Å². The van der Waals surface area contributed by atoms with Crippen molar-refractivity contribution in [2.45, 2.75) is 45.1 Å². The molecule has 4 heteroatoms. The minimum Gasteiger partial charge on any atom is -0.466 e. The number of aryl methyl sites for hydroxylation is 1. The fourth-order valence-corrected chi connectivity index (χ4v) is 2.77. The van der Waals surface area contributed by atoms with Gasteiger partial charge in [-0.3, -0.25) is 4.79 Å². The highest BCUT2D eigenvalue weighted by molar-refractivity contribution is 5.72. The lowest BCUT2D eigenvalue weighted by Gasteiger charge is -2.35. The minimum absolute atomic E-state index is 0.0513. The topological polar surface area (TPSA) is 58.6 Å². The Bertz CT molecular complexity index is 461. The molecule has 1 fully saturated rings. The van der Waals surface area contributed by atoms with Crippen molar-refractivity contribution in [1.82, 2.24) is 0 Å². The standard InChI is InChI=1S/C17H25NO3/c1-3-21-16(19)14-8-10-17(20,11-9-14)12-18-15-6-4-13(2)5-7-15/h4-7,14,18,20H,3,8-12H2,1-2H3. The van der Waals surface area contributed by atoms with Crippen molar-refractivity contribution in [3.8, 4) is 0 Å². The molecule has 0 saturated heterocycles. The van der Waals surface area contributed by atoms with Gasteiger partial charge < -0.3 is 15.2 Å². The molecular formula is C17H25NO3. The molecule has 2 rings (SSSR count). The normalized spacial score (nSPS) is 25.4. The van der Waals surface area contributed by atoms with E-state index in [4.69, 9.17) is 4.74 Å². The summed E-state index contributed by atoms with van der Waals surface area (Å²) >= 11 is 0. The number of aliphatic hydroxyl groups is 1. The summed E-state index contributed by atoms with van der Waals surface area (Å²) in [5.74, 6) is -0.171. The largest absolute Gasteiger partial charge is 0.466 e. The number of hydrogen-bond donors (Lipinski definition) is 2. The van der Waals surface area contributed by atoms with Crippen LogP contribution in [-0.4, -0.2) is 29.8 Å². The van der Waals surface area contributed by atoms with E-state index in [1.807, 2.05) is 38.1 Å². The van der Waals surface area contributed by atoms with Crippen LogP contribution in [0.1, 0.15) is 38.2 Å². The fourth-order valence-electron chi connectivity index (χ4n) is 2.77. The SMILES string of the molecule is CCOC(=O)C1CCC(O)(CNc2ccc(C)cc2)CC1. The summed E-state index contributed by atoms with van der Waals surface area (Å²) in [6, 6.07) is 8.12. The predicted octanol–water partition coefficient (Wildman–Crippen LogP) is 2.89. The third-order valence-electron chi connectivity index (χ3n) is 4.21. The van der Waals surface area contributed by atoms with Crippen LogP contribution in [0.4, 0.5) is 5.69 Å². The van der Waals surface area contributed by atoms with Crippen LogP contribution in [0.15, 0.2) is 24.3 Å². The van der Waals surface area contributed by atoms with E-state index >= 15 is 0 Å². The zero-order valence-electron chi connectivity index (χ0n) is 12.9. The lowest BCUT2D eigenvalue weighted by molar-refractivity contribution is -0.150. The Hall–Kier alpha value is -1.55. The highest BCUT2D eigenvalue weighted by atomic mass is 16.5. The Kier molecular flexibility index (Phi) is 5.23. The third-order valence-corrected chi connectivity index (χ3v) is 4.21. The second kappa shape index (κ2) is 6.94. The molecule has 1 aliphatic carbocycles. The summed E-state index contributed by atoms with van der Waals surface area (Å²) in [5, 5.41) is 13.9. The molecule has 1 aromatic carbocycles. The number of hydrogen-bond acceptors (Lipinski definition) is 4. The van der Waals surface area contributed by atoms with Crippen LogP contribution in [0.3, 0.4) is 0 Å². The van der Waals surface area contributed by atoms with Gasteiger partial charge in [-0.25, -0.2) is 0 Å². The van der Waals surface area contributed by atoms with Gasteiger partial charge in [0.05, 0.1) is 18.1 Å². The van der Waals surface area contributed by atoms with Crippen molar-refractivity contribution in [2.75, 3.05) is 18.5 Å². The fraction of sp³-hybridized carbons (Fsp3) is 0.588. The number of ether oxygens (including phenoxy) is 1. The lowest BCUT2D eigenvalue weighted by atomic mass is 9.78. The van der Waals surface area contributed by atoms with Gasteiger partial charge in [-0.1, -0.05) is 17.7 Å². The Balaban J connectivity index is 1.82. The summed E-state index contributed by atoms with van der Waals surface area (Å²) in [7, 11) is 0. The molecule has 0 spiro atoms. The van der Waals surface area contributed by atoms with E-state index in [1.54, 1.807) is 0 Å². The molecule has 0 bridgehead atoms. The maximum atomic E-state index is 11.7. The monoisotopic (exact) mass is 291 g/mol. The minimum atomic E-state index is -0.728. The maximum absolute atomic E-state index is 11.7. The average molecular weight is 291 g/mol. The van der Waals surface area contributed by atoms with Gasteiger partial charge in [0.25, 0.3) is 0 Å². The zero-order valence-corrected chi connectivity index (χ0v) is 12.9. The van der Waals surface area contributed by atoms with Crippen LogP contribution in [0.5, 0.6) is 0 Å². The van der Waals surface area contributed by atoms with Gasteiger partial charge in [0.1, 0.15) is 0 Å². The molecule has 0 unspecified atom stereocenters. The second-order valence-corrected chi connectivity index (χ2v) is 5.97. The van der Waals surface area contributed by atoms with Gasteiger partial charge in [-0.05, 0) is 51.7 Å². The number of anilines is 1. The Morgan fingerprint density at radius 3 is 2.52 bits per heavy atom. The first-order valence-corrected chi connectivity index (χ1v) is 7.72. The molecule has 1 aromatic rings. The molecule has 0 radical (unpaired) electrons. The van der Waals surface area contributed by atoms with Crippen LogP contribution in [0.2, 0.25) is 0 Å². The molecule has 4 nitrogen and oxygen atoms in total. The third kappa shape index (κ3) is 4.46. The van der Waals surface area contributed by atoms with E-state index in [2.05, 4.69) is 5.32 Å². The van der Waals surface area contributed by atoms with E-state index in [9.17, 15) is 9.90 Å².